The summed E-state index contributed by atoms with van der Waals surface area (Å²) in [5.41, 5.74) is 13.5. The highest BCUT2D eigenvalue weighted by Crippen LogP contribution is 2.04. The molecule has 0 bridgehead atoms. The Kier molecular flexibility index (Phi) is 6.47. The van der Waals surface area contributed by atoms with E-state index in [-0.39, 0.29) is 0 Å². The number of likely N-dealkylation sites (N-methyl/N-ethyl adjacent to an activating group) is 1. The second-order valence-corrected chi connectivity index (χ2v) is 2.88. The highest BCUT2D eigenvalue weighted by Gasteiger charge is 2.14. The Morgan fingerprint density at radius 2 is 2.36 bits per heavy atom. The van der Waals surface area contributed by atoms with E-state index >= 15 is 0 Å². The van der Waals surface area contributed by atoms with Gasteiger partial charge in [0.15, 0.2) is 0 Å². The number of hydrogen-bond acceptors (Lipinski definition) is 4. The van der Waals surface area contributed by atoms with Crippen molar-refractivity contribution in [1.29, 1.82) is 0 Å². The summed E-state index contributed by atoms with van der Waals surface area (Å²) in [6, 6.07) is -0.562. The molecular weight excluding hydrogens is 186 g/mol. The van der Waals surface area contributed by atoms with Crippen LogP contribution in [0.5, 0.6) is 0 Å². The summed E-state index contributed by atoms with van der Waals surface area (Å²) in [7, 11) is 1.59. The molecule has 0 aliphatic heterocycles. The lowest BCUT2D eigenvalue weighted by Gasteiger charge is -2.11. The Labute approximate surface area is 81.9 Å². The molecule has 0 aliphatic carbocycles. The number of hydrogen-bond donors (Lipinski definition) is 3. The second-order valence-electron chi connectivity index (χ2n) is 2.88. The van der Waals surface area contributed by atoms with Crippen LogP contribution in [0.1, 0.15) is 19.3 Å². The van der Waals surface area contributed by atoms with E-state index in [1.54, 1.807) is 7.05 Å². The normalized spacial score (nSPS) is 14.1. The van der Waals surface area contributed by atoms with Crippen LogP contribution in [0.2, 0.25) is 0 Å². The van der Waals surface area contributed by atoms with Gasteiger partial charge < -0.3 is 16.2 Å². The minimum absolute atomic E-state index is 0.473. The molecule has 0 saturated carbocycles. The fourth-order valence-electron chi connectivity index (χ4n) is 1.05. The Morgan fingerprint density at radius 1 is 1.71 bits per heavy atom. The molecule has 7 heteroatoms. The van der Waals surface area contributed by atoms with Gasteiger partial charge in [-0.2, -0.15) is 0 Å². The van der Waals surface area contributed by atoms with Crippen LogP contribution in [0.3, 0.4) is 0 Å². The predicted molar refractivity (Wildman–Crippen MR) is 51.5 cm³/mol. The number of aliphatic carboxylic acids is 1. The Morgan fingerprint density at radius 3 is 2.79 bits per heavy atom. The van der Waals surface area contributed by atoms with Crippen LogP contribution in [-0.2, 0) is 4.79 Å². The number of azide groups is 1. The Hall–Kier alpha value is -1.30. The maximum absolute atomic E-state index is 10.6. The van der Waals surface area contributed by atoms with E-state index in [0.29, 0.717) is 19.3 Å². The summed E-state index contributed by atoms with van der Waals surface area (Å²) in [6.07, 6.45) is 1.01. The Balaban J connectivity index is 3.71. The maximum atomic E-state index is 10.6. The molecule has 0 heterocycles. The average Bonchev–Trinajstić information content (AvgIpc) is 2.12. The molecule has 0 aromatic heterocycles. The van der Waals surface area contributed by atoms with Crippen molar-refractivity contribution in [2.24, 2.45) is 10.8 Å². The molecule has 0 aromatic rings. The third-order valence-corrected chi connectivity index (χ3v) is 1.84. The molecule has 7 nitrogen and oxygen atoms in total. The molecule has 0 fully saturated rings. The fourth-order valence-corrected chi connectivity index (χ4v) is 1.05. The Bertz CT molecular complexity index is 226. The zero-order valence-electron chi connectivity index (χ0n) is 8.05. The van der Waals surface area contributed by atoms with Gasteiger partial charge in [-0.25, -0.2) is 0 Å². The van der Waals surface area contributed by atoms with Gasteiger partial charge in [-0.15, -0.1) is 0 Å². The zero-order chi connectivity index (χ0) is 11.0. The first-order chi connectivity index (χ1) is 6.61. The molecular formula is C7H15N5O2. The van der Waals surface area contributed by atoms with Crippen LogP contribution in [0.25, 0.3) is 10.4 Å². The molecule has 14 heavy (non-hydrogen) atoms. The molecule has 1 unspecified atom stereocenters. The van der Waals surface area contributed by atoms with E-state index in [9.17, 15) is 4.79 Å². The summed E-state index contributed by atoms with van der Waals surface area (Å²) in [5.74, 6) is -0.884. The first-order valence-corrected chi connectivity index (χ1v) is 4.31. The molecule has 0 radical (unpaired) electrons. The lowest BCUT2D eigenvalue weighted by Crippen LogP contribution is -2.34. The standard InChI is InChI=1S/C7H15N5O2/c1-10-5(7(13)14)3-2-4-6(8)11-12-9/h5-6,10H,2-4,8H2,1H3,(H,13,14)/t5-,6?/m0/s1. The van der Waals surface area contributed by atoms with Crippen molar-refractivity contribution in [2.45, 2.75) is 31.5 Å². The highest BCUT2D eigenvalue weighted by atomic mass is 16.4. The number of carboxylic acid groups (broad SMARTS) is 1. The van der Waals surface area contributed by atoms with Crippen LogP contribution >= 0.6 is 0 Å². The van der Waals surface area contributed by atoms with Gasteiger partial charge in [-0.3, -0.25) is 4.79 Å². The van der Waals surface area contributed by atoms with Crippen LogP contribution in [0.4, 0.5) is 0 Å². The number of nitrogens with one attached hydrogen (secondary N) is 1. The molecule has 4 N–H and O–H groups in total. The van der Waals surface area contributed by atoms with Crippen molar-refractivity contribution in [3.63, 3.8) is 0 Å². The first kappa shape index (κ1) is 12.7. The number of carboxylic acids is 1. The van der Waals surface area contributed by atoms with Gasteiger partial charge >= 0.3 is 5.97 Å². The summed E-state index contributed by atoms with van der Waals surface area (Å²) in [4.78, 5) is 13.1. The lowest BCUT2D eigenvalue weighted by molar-refractivity contribution is -0.139. The summed E-state index contributed by atoms with van der Waals surface area (Å²) in [5, 5.41) is 14.6. The van der Waals surface area contributed by atoms with Crippen molar-refractivity contribution in [2.75, 3.05) is 7.05 Å². The van der Waals surface area contributed by atoms with Crippen LogP contribution in [-0.4, -0.2) is 30.3 Å². The summed E-state index contributed by atoms with van der Waals surface area (Å²) in [6.45, 7) is 0. The molecule has 80 valence electrons. The van der Waals surface area contributed by atoms with Gasteiger partial charge in [0.05, 0.1) is 6.17 Å². The lowest BCUT2D eigenvalue weighted by atomic mass is 10.1. The number of carbonyl (C=O) groups is 1. The van der Waals surface area contributed by atoms with Crippen LogP contribution < -0.4 is 11.1 Å². The molecule has 0 saturated heterocycles. The number of nitrogens with zero attached hydrogens (tertiary/aromatic N) is 3. The van der Waals surface area contributed by atoms with E-state index in [1.807, 2.05) is 0 Å². The van der Waals surface area contributed by atoms with Crippen LogP contribution in [0.15, 0.2) is 5.11 Å². The molecule has 0 rings (SSSR count). The van der Waals surface area contributed by atoms with Gasteiger partial charge in [0, 0.05) is 4.91 Å². The van der Waals surface area contributed by atoms with Crippen molar-refractivity contribution >= 4 is 5.97 Å². The van der Waals surface area contributed by atoms with Gasteiger partial charge in [0.25, 0.3) is 0 Å². The van der Waals surface area contributed by atoms with E-state index in [4.69, 9.17) is 16.4 Å². The number of rotatable bonds is 7. The van der Waals surface area contributed by atoms with Gasteiger partial charge in [0.1, 0.15) is 6.04 Å². The molecule has 0 aliphatic rings. The van der Waals surface area contributed by atoms with E-state index in [2.05, 4.69) is 15.3 Å². The molecule has 2 atom stereocenters. The maximum Gasteiger partial charge on any atom is 0.320 e. The van der Waals surface area contributed by atoms with Gasteiger partial charge in [0.2, 0.25) is 0 Å². The molecule has 0 amide bonds. The quantitative estimate of drug-likeness (QED) is 0.313. The van der Waals surface area contributed by atoms with Crippen molar-refractivity contribution in [3.8, 4) is 0 Å². The minimum atomic E-state index is -0.884. The zero-order valence-corrected chi connectivity index (χ0v) is 8.05. The van der Waals surface area contributed by atoms with Crippen LogP contribution in [0, 0.1) is 0 Å². The average molecular weight is 201 g/mol. The molecule has 0 spiro atoms. The third kappa shape index (κ3) is 5.36. The van der Waals surface area contributed by atoms with Gasteiger partial charge in [-0.1, -0.05) is 5.11 Å². The summed E-state index contributed by atoms with van der Waals surface area (Å²) >= 11 is 0. The topological polar surface area (TPSA) is 124 Å². The number of nitrogens with two attached hydrogens (primary N) is 1. The van der Waals surface area contributed by atoms with Crippen molar-refractivity contribution < 1.29 is 9.90 Å². The third-order valence-electron chi connectivity index (χ3n) is 1.84. The largest absolute Gasteiger partial charge is 0.480 e. The summed E-state index contributed by atoms with van der Waals surface area (Å²) < 4.78 is 0. The minimum Gasteiger partial charge on any atom is -0.480 e. The molecule has 0 aromatic carbocycles. The predicted octanol–water partition coefficient (Wildman–Crippen LogP) is 0.424. The van der Waals surface area contributed by atoms with Crippen molar-refractivity contribution in [1.82, 2.24) is 5.32 Å². The second kappa shape index (κ2) is 7.14. The van der Waals surface area contributed by atoms with E-state index < -0.39 is 18.2 Å². The van der Waals surface area contributed by atoms with E-state index in [0.717, 1.165) is 0 Å². The fraction of sp³-hybridized carbons (Fsp3) is 0.857. The smallest absolute Gasteiger partial charge is 0.320 e. The van der Waals surface area contributed by atoms with Gasteiger partial charge in [-0.05, 0) is 31.8 Å². The highest BCUT2D eigenvalue weighted by molar-refractivity contribution is 5.73. The van der Waals surface area contributed by atoms with E-state index in [1.165, 1.54) is 0 Å². The van der Waals surface area contributed by atoms with Crippen molar-refractivity contribution in [3.05, 3.63) is 10.4 Å². The first-order valence-electron chi connectivity index (χ1n) is 4.31. The monoisotopic (exact) mass is 201 g/mol. The SMILES string of the molecule is CN[C@@H](CCCC(N)N=[N+]=[N-])C(=O)O.